The summed E-state index contributed by atoms with van der Waals surface area (Å²) in [6.07, 6.45) is 0. The number of carbonyl (C=O) groups excluding carboxylic acids is 1. The first-order valence-corrected chi connectivity index (χ1v) is 9.78. The Bertz CT molecular complexity index is 944. The molecule has 8 nitrogen and oxygen atoms in total. The topological polar surface area (TPSA) is 87.4 Å². The van der Waals surface area contributed by atoms with Gasteiger partial charge in [0.25, 0.3) is 0 Å². The molecule has 0 saturated carbocycles. The fourth-order valence-electron chi connectivity index (χ4n) is 3.16. The Kier molecular flexibility index (Phi) is 5.15. The van der Waals surface area contributed by atoms with E-state index in [-0.39, 0.29) is 5.91 Å². The van der Waals surface area contributed by atoms with Gasteiger partial charge in [-0.25, -0.2) is 4.98 Å². The van der Waals surface area contributed by atoms with Crippen molar-refractivity contribution < 1.29 is 9.32 Å². The molecule has 2 aromatic heterocycles. The van der Waals surface area contributed by atoms with Crippen LogP contribution in [0.25, 0.3) is 10.2 Å². The van der Waals surface area contributed by atoms with Crippen molar-refractivity contribution in [1.29, 1.82) is 0 Å². The molecule has 0 aliphatic carbocycles. The number of carbonyl (C=O) groups is 1. The fourth-order valence-corrected chi connectivity index (χ4v) is 4.14. The highest BCUT2D eigenvalue weighted by Gasteiger charge is 2.20. The maximum Gasteiger partial charge on any atom is 0.240 e. The number of nitrogens with zero attached hydrogens (tertiary/aromatic N) is 5. The van der Waals surface area contributed by atoms with Crippen LogP contribution in [0.2, 0.25) is 0 Å². The Morgan fingerprint density at radius 3 is 2.70 bits per heavy atom. The predicted molar refractivity (Wildman–Crippen MR) is 104 cm³/mol. The summed E-state index contributed by atoms with van der Waals surface area (Å²) in [5.74, 6) is 1.28. The number of aryl methyl sites for hydroxylation is 2. The van der Waals surface area contributed by atoms with Crippen LogP contribution >= 0.6 is 11.3 Å². The van der Waals surface area contributed by atoms with Crippen molar-refractivity contribution in [1.82, 2.24) is 24.9 Å². The number of anilines is 1. The molecule has 4 rings (SSSR count). The van der Waals surface area contributed by atoms with Crippen molar-refractivity contribution >= 4 is 32.6 Å². The molecule has 0 atom stereocenters. The first-order chi connectivity index (χ1) is 13.0. The molecule has 0 radical (unpaired) electrons. The van der Waals surface area contributed by atoms with E-state index in [2.05, 4.69) is 43.2 Å². The average molecular weight is 386 g/mol. The molecular weight excluding hydrogens is 364 g/mol. The van der Waals surface area contributed by atoms with Crippen molar-refractivity contribution in [2.45, 2.75) is 20.4 Å². The van der Waals surface area contributed by atoms with Crippen LogP contribution in [-0.2, 0) is 11.3 Å². The normalized spacial score (nSPS) is 16.1. The van der Waals surface area contributed by atoms with Crippen molar-refractivity contribution in [2.75, 3.05) is 38.0 Å². The maximum absolute atomic E-state index is 12.4. The van der Waals surface area contributed by atoms with E-state index in [0.717, 1.165) is 36.4 Å². The van der Waals surface area contributed by atoms with Crippen molar-refractivity contribution in [2.24, 2.45) is 0 Å². The number of hydrogen-bond acceptors (Lipinski definition) is 8. The highest BCUT2D eigenvalue weighted by Crippen LogP contribution is 2.26. The molecule has 1 amide bonds. The largest absolute Gasteiger partial charge is 0.340 e. The zero-order valence-corrected chi connectivity index (χ0v) is 16.3. The third-order valence-corrected chi connectivity index (χ3v) is 5.49. The van der Waals surface area contributed by atoms with Gasteiger partial charge in [-0.15, -0.1) is 0 Å². The number of amides is 1. The Morgan fingerprint density at radius 2 is 1.96 bits per heavy atom. The minimum Gasteiger partial charge on any atom is -0.340 e. The second-order valence-electron chi connectivity index (χ2n) is 6.82. The van der Waals surface area contributed by atoms with E-state index in [1.165, 1.54) is 16.9 Å². The van der Waals surface area contributed by atoms with Crippen LogP contribution in [-0.4, -0.2) is 63.6 Å². The van der Waals surface area contributed by atoms with Gasteiger partial charge in [0, 0.05) is 33.1 Å². The molecule has 1 aliphatic heterocycles. The molecule has 1 N–H and O–H groups in total. The number of thiazole rings is 1. The molecular formula is C18H22N6O2S. The van der Waals surface area contributed by atoms with E-state index in [9.17, 15) is 4.79 Å². The van der Waals surface area contributed by atoms with Gasteiger partial charge in [-0.05, 0) is 24.6 Å². The molecule has 0 spiro atoms. The van der Waals surface area contributed by atoms with Gasteiger partial charge in [-0.2, -0.15) is 4.98 Å². The number of hydrogen-bond donors (Lipinski definition) is 1. The third kappa shape index (κ3) is 4.49. The van der Waals surface area contributed by atoms with Gasteiger partial charge in [0.05, 0.1) is 23.3 Å². The first-order valence-electron chi connectivity index (χ1n) is 8.96. The van der Waals surface area contributed by atoms with E-state index in [0.29, 0.717) is 29.9 Å². The number of piperazine rings is 1. The number of aromatic nitrogens is 3. The summed E-state index contributed by atoms with van der Waals surface area (Å²) < 4.78 is 6.10. The molecule has 9 heteroatoms. The molecule has 1 saturated heterocycles. The summed E-state index contributed by atoms with van der Waals surface area (Å²) >= 11 is 1.51. The van der Waals surface area contributed by atoms with Crippen molar-refractivity contribution in [3.8, 4) is 0 Å². The smallest absolute Gasteiger partial charge is 0.240 e. The van der Waals surface area contributed by atoms with Gasteiger partial charge < -0.3 is 9.84 Å². The number of fused-ring (bicyclic) bond motifs is 1. The quantitative estimate of drug-likeness (QED) is 0.718. The Balaban J connectivity index is 1.26. The van der Waals surface area contributed by atoms with Crippen LogP contribution in [0.15, 0.2) is 22.7 Å². The minimum absolute atomic E-state index is 0.0204. The summed E-state index contributed by atoms with van der Waals surface area (Å²) in [6.45, 7) is 8.33. The van der Waals surface area contributed by atoms with Gasteiger partial charge in [-0.3, -0.25) is 14.6 Å². The van der Waals surface area contributed by atoms with E-state index < -0.39 is 0 Å². The lowest BCUT2D eigenvalue weighted by Crippen LogP contribution is -2.48. The van der Waals surface area contributed by atoms with Crippen LogP contribution in [0.5, 0.6) is 0 Å². The van der Waals surface area contributed by atoms with Gasteiger partial charge in [0.15, 0.2) is 11.0 Å². The number of benzene rings is 1. The van der Waals surface area contributed by atoms with E-state index in [1.807, 2.05) is 12.1 Å². The predicted octanol–water partition coefficient (Wildman–Crippen LogP) is 2.05. The van der Waals surface area contributed by atoms with Crippen LogP contribution in [0.3, 0.4) is 0 Å². The molecule has 0 bridgehead atoms. The van der Waals surface area contributed by atoms with E-state index in [4.69, 9.17) is 4.52 Å². The van der Waals surface area contributed by atoms with Crippen molar-refractivity contribution in [3.05, 3.63) is 35.5 Å². The Hall–Kier alpha value is -2.36. The fraction of sp³-hybridized carbons (Fsp3) is 0.444. The average Bonchev–Trinajstić information content (AvgIpc) is 3.21. The lowest BCUT2D eigenvalue weighted by Gasteiger charge is -2.33. The monoisotopic (exact) mass is 386 g/mol. The summed E-state index contributed by atoms with van der Waals surface area (Å²) in [7, 11) is 0. The molecule has 3 aromatic rings. The van der Waals surface area contributed by atoms with Gasteiger partial charge in [0.2, 0.25) is 11.8 Å². The van der Waals surface area contributed by atoms with Crippen LogP contribution < -0.4 is 5.32 Å². The maximum atomic E-state index is 12.4. The van der Waals surface area contributed by atoms with Gasteiger partial charge in [0.1, 0.15) is 0 Å². The number of rotatable bonds is 5. The highest BCUT2D eigenvalue weighted by atomic mass is 32.1. The van der Waals surface area contributed by atoms with Crippen molar-refractivity contribution in [3.63, 3.8) is 0 Å². The molecule has 0 unspecified atom stereocenters. The van der Waals surface area contributed by atoms with E-state index >= 15 is 0 Å². The van der Waals surface area contributed by atoms with Gasteiger partial charge >= 0.3 is 0 Å². The van der Waals surface area contributed by atoms with Crippen LogP contribution in [0.1, 0.15) is 17.3 Å². The molecule has 1 aromatic carbocycles. The first kappa shape index (κ1) is 18.0. The lowest BCUT2D eigenvalue weighted by atomic mass is 10.2. The second-order valence-corrected chi connectivity index (χ2v) is 7.85. The summed E-state index contributed by atoms with van der Waals surface area (Å²) in [5, 5.41) is 7.53. The van der Waals surface area contributed by atoms with Crippen LogP contribution in [0, 0.1) is 13.8 Å². The Labute approximate surface area is 161 Å². The summed E-state index contributed by atoms with van der Waals surface area (Å²) in [5.41, 5.74) is 2.11. The standard InChI is InChI=1S/C18H22N6O2S/c1-12-3-4-14-15(9-12)27-18(20-14)21-17(25)11-24-7-5-23(6-8-24)10-16-19-13(2)26-22-16/h3-4,9H,5-8,10-11H2,1-2H3,(H,20,21,25). The zero-order valence-electron chi connectivity index (χ0n) is 15.4. The van der Waals surface area contributed by atoms with Crippen LogP contribution in [0.4, 0.5) is 5.13 Å². The highest BCUT2D eigenvalue weighted by molar-refractivity contribution is 7.22. The Morgan fingerprint density at radius 1 is 1.19 bits per heavy atom. The third-order valence-electron chi connectivity index (χ3n) is 4.56. The minimum atomic E-state index is -0.0204. The molecule has 1 fully saturated rings. The van der Waals surface area contributed by atoms with E-state index in [1.54, 1.807) is 6.92 Å². The molecule has 142 valence electrons. The zero-order chi connectivity index (χ0) is 18.8. The van der Waals surface area contributed by atoms with Gasteiger partial charge in [-0.1, -0.05) is 22.6 Å². The summed E-state index contributed by atoms with van der Waals surface area (Å²) in [6, 6.07) is 6.11. The summed E-state index contributed by atoms with van der Waals surface area (Å²) in [4.78, 5) is 25.5. The molecule has 1 aliphatic rings. The SMILES string of the molecule is Cc1ccc2nc(NC(=O)CN3CCN(Cc4noc(C)n4)CC3)sc2c1. The lowest BCUT2D eigenvalue weighted by molar-refractivity contribution is -0.117. The molecule has 27 heavy (non-hydrogen) atoms. The second kappa shape index (κ2) is 7.71. The number of nitrogens with one attached hydrogen (secondary N) is 1. The molecule has 3 heterocycles.